The van der Waals surface area contributed by atoms with Gasteiger partial charge < -0.3 is 10.2 Å². The number of nitrogens with one attached hydrogen (secondary N) is 1. The van der Waals surface area contributed by atoms with Crippen molar-refractivity contribution in [3.8, 4) is 0 Å². The van der Waals surface area contributed by atoms with Crippen LogP contribution in [0.15, 0.2) is 24.3 Å². The fraction of sp³-hybridized carbons (Fsp3) is 0.467. The molecule has 1 N–H and O–H groups in total. The lowest BCUT2D eigenvalue weighted by molar-refractivity contribution is -0.134. The first-order valence-corrected chi connectivity index (χ1v) is 7.06. The maximum absolute atomic E-state index is 12.3. The molecule has 0 aliphatic carbocycles. The zero-order valence-corrected chi connectivity index (χ0v) is 11.5. The summed E-state index contributed by atoms with van der Waals surface area (Å²) in [6, 6.07) is 8.28. The second kappa shape index (κ2) is 5.63. The minimum absolute atomic E-state index is 0.00744. The van der Waals surface area contributed by atoms with Crippen LogP contribution in [0.25, 0.3) is 0 Å². The number of hydrogen-bond acceptors (Lipinski definition) is 3. The van der Waals surface area contributed by atoms with Gasteiger partial charge in [-0.25, -0.2) is 0 Å². The topological polar surface area (TPSA) is 52.7 Å². The summed E-state index contributed by atoms with van der Waals surface area (Å²) in [4.78, 5) is 27.5. The Morgan fingerprint density at radius 2 is 1.95 bits per heavy atom. The van der Waals surface area contributed by atoms with Crippen LogP contribution in [-0.2, 0) is 22.6 Å². The maximum Gasteiger partial charge on any atom is 0.237 e. The van der Waals surface area contributed by atoms with Crippen LogP contribution in [-0.4, -0.2) is 54.3 Å². The summed E-state index contributed by atoms with van der Waals surface area (Å²) in [6.07, 6.45) is 0.919. The lowest BCUT2D eigenvalue weighted by Crippen LogP contribution is -2.51. The van der Waals surface area contributed by atoms with E-state index in [1.165, 1.54) is 11.1 Å². The smallest absolute Gasteiger partial charge is 0.237 e. The zero-order valence-electron chi connectivity index (χ0n) is 11.5. The Hall–Kier alpha value is -1.88. The lowest BCUT2D eigenvalue weighted by atomic mass is 10.00. The monoisotopic (exact) mass is 273 g/mol. The lowest BCUT2D eigenvalue weighted by Gasteiger charge is -2.32. The van der Waals surface area contributed by atoms with E-state index in [4.69, 9.17) is 0 Å². The Kier molecular flexibility index (Phi) is 3.69. The Labute approximate surface area is 118 Å². The third-order valence-electron chi connectivity index (χ3n) is 3.96. The van der Waals surface area contributed by atoms with Crippen LogP contribution in [0.4, 0.5) is 0 Å². The number of carbonyl (C=O) groups excluding carboxylic acids is 2. The average Bonchev–Trinajstić information content (AvgIpc) is 2.47. The molecule has 2 heterocycles. The number of rotatable bonds is 2. The van der Waals surface area contributed by atoms with Crippen molar-refractivity contribution in [3.05, 3.63) is 35.4 Å². The predicted octanol–water partition coefficient (Wildman–Crippen LogP) is 0.00310. The van der Waals surface area contributed by atoms with Crippen LogP contribution in [0.3, 0.4) is 0 Å². The highest BCUT2D eigenvalue weighted by molar-refractivity contribution is 5.82. The normalized spacial score (nSPS) is 19.4. The number of carbonyl (C=O) groups is 2. The van der Waals surface area contributed by atoms with Crippen molar-refractivity contribution >= 4 is 11.8 Å². The van der Waals surface area contributed by atoms with Gasteiger partial charge in [-0.2, -0.15) is 0 Å². The maximum atomic E-state index is 12.3. The van der Waals surface area contributed by atoms with Gasteiger partial charge >= 0.3 is 0 Å². The van der Waals surface area contributed by atoms with Gasteiger partial charge in [-0.3, -0.25) is 14.5 Å². The van der Waals surface area contributed by atoms with E-state index in [1.807, 2.05) is 21.9 Å². The van der Waals surface area contributed by atoms with Crippen molar-refractivity contribution in [1.29, 1.82) is 0 Å². The van der Waals surface area contributed by atoms with Crippen molar-refractivity contribution in [1.82, 2.24) is 15.1 Å². The molecule has 0 spiro atoms. The molecule has 1 saturated heterocycles. The molecule has 20 heavy (non-hydrogen) atoms. The van der Waals surface area contributed by atoms with Crippen LogP contribution in [0.5, 0.6) is 0 Å². The molecule has 1 aromatic carbocycles. The summed E-state index contributed by atoms with van der Waals surface area (Å²) in [5, 5.41) is 2.77. The Morgan fingerprint density at radius 1 is 1.15 bits per heavy atom. The van der Waals surface area contributed by atoms with Crippen molar-refractivity contribution in [2.75, 3.05) is 32.7 Å². The molecule has 0 bridgehead atoms. The highest BCUT2D eigenvalue weighted by atomic mass is 16.2. The summed E-state index contributed by atoms with van der Waals surface area (Å²) in [7, 11) is 0. The second-order valence-corrected chi connectivity index (χ2v) is 5.39. The number of fused-ring (bicyclic) bond motifs is 1. The molecule has 0 unspecified atom stereocenters. The fourth-order valence-electron chi connectivity index (χ4n) is 2.83. The average molecular weight is 273 g/mol. The molecule has 2 aliphatic heterocycles. The van der Waals surface area contributed by atoms with Gasteiger partial charge in [0.1, 0.15) is 0 Å². The molecule has 1 aromatic rings. The number of hydrogen-bond donors (Lipinski definition) is 1. The summed E-state index contributed by atoms with van der Waals surface area (Å²) < 4.78 is 0. The van der Waals surface area contributed by atoms with E-state index >= 15 is 0 Å². The molecule has 2 aliphatic rings. The van der Waals surface area contributed by atoms with Crippen LogP contribution in [0.2, 0.25) is 0 Å². The van der Waals surface area contributed by atoms with E-state index in [0.29, 0.717) is 26.2 Å². The zero-order chi connectivity index (χ0) is 13.9. The molecular formula is C15H19N3O2. The van der Waals surface area contributed by atoms with Gasteiger partial charge in [0.25, 0.3) is 0 Å². The van der Waals surface area contributed by atoms with Crippen molar-refractivity contribution < 1.29 is 9.59 Å². The van der Waals surface area contributed by atoms with Crippen LogP contribution < -0.4 is 5.32 Å². The summed E-state index contributed by atoms with van der Waals surface area (Å²) in [5.74, 6) is 0.127. The molecule has 0 saturated carbocycles. The first-order valence-electron chi connectivity index (χ1n) is 7.06. The quantitative estimate of drug-likeness (QED) is 0.825. The number of nitrogens with zero attached hydrogens (tertiary/aromatic N) is 2. The Morgan fingerprint density at radius 3 is 2.75 bits per heavy atom. The molecule has 106 valence electrons. The van der Waals surface area contributed by atoms with Gasteiger partial charge in [0.2, 0.25) is 11.8 Å². The summed E-state index contributed by atoms with van der Waals surface area (Å²) in [6.45, 7) is 3.52. The van der Waals surface area contributed by atoms with E-state index in [2.05, 4.69) is 17.4 Å². The standard InChI is InChI=1S/C15H19N3O2/c19-14-10-17(8-6-16-14)11-15(20)18-7-5-12-3-1-2-4-13(12)9-18/h1-4H,5-11H2,(H,16,19). The SMILES string of the molecule is O=C1CN(CC(=O)N2CCc3ccccc3C2)CCN1. The second-order valence-electron chi connectivity index (χ2n) is 5.39. The van der Waals surface area contributed by atoms with E-state index in [1.54, 1.807) is 0 Å². The highest BCUT2D eigenvalue weighted by Gasteiger charge is 2.24. The number of benzene rings is 1. The van der Waals surface area contributed by atoms with Gasteiger partial charge in [0.05, 0.1) is 13.1 Å². The predicted molar refractivity (Wildman–Crippen MR) is 75.0 cm³/mol. The van der Waals surface area contributed by atoms with Crippen LogP contribution >= 0.6 is 0 Å². The van der Waals surface area contributed by atoms with Gasteiger partial charge in [0.15, 0.2) is 0 Å². The first kappa shape index (κ1) is 13.1. The molecule has 2 amide bonds. The van der Waals surface area contributed by atoms with E-state index in [-0.39, 0.29) is 11.8 Å². The largest absolute Gasteiger partial charge is 0.354 e. The van der Waals surface area contributed by atoms with E-state index in [9.17, 15) is 9.59 Å². The minimum Gasteiger partial charge on any atom is -0.354 e. The third-order valence-corrected chi connectivity index (χ3v) is 3.96. The fourth-order valence-corrected chi connectivity index (χ4v) is 2.83. The van der Waals surface area contributed by atoms with Gasteiger partial charge in [0, 0.05) is 26.2 Å². The summed E-state index contributed by atoms with van der Waals surface area (Å²) in [5.41, 5.74) is 2.58. The summed E-state index contributed by atoms with van der Waals surface area (Å²) >= 11 is 0. The molecule has 5 heteroatoms. The third kappa shape index (κ3) is 2.82. The van der Waals surface area contributed by atoms with Crippen molar-refractivity contribution in [3.63, 3.8) is 0 Å². The molecular weight excluding hydrogens is 254 g/mol. The number of amides is 2. The molecule has 5 nitrogen and oxygen atoms in total. The Balaban J connectivity index is 1.60. The molecule has 0 atom stereocenters. The van der Waals surface area contributed by atoms with Gasteiger partial charge in [-0.1, -0.05) is 24.3 Å². The molecule has 0 aromatic heterocycles. The molecule has 1 fully saturated rings. The molecule has 3 rings (SSSR count). The highest BCUT2D eigenvalue weighted by Crippen LogP contribution is 2.18. The minimum atomic E-state index is 0.00744. The van der Waals surface area contributed by atoms with E-state index < -0.39 is 0 Å². The molecule has 0 radical (unpaired) electrons. The van der Waals surface area contributed by atoms with E-state index in [0.717, 1.165) is 19.5 Å². The van der Waals surface area contributed by atoms with Crippen molar-refractivity contribution in [2.45, 2.75) is 13.0 Å². The van der Waals surface area contributed by atoms with Gasteiger partial charge in [-0.05, 0) is 17.5 Å². The van der Waals surface area contributed by atoms with Gasteiger partial charge in [-0.15, -0.1) is 0 Å². The Bertz CT molecular complexity index is 530. The number of piperazine rings is 1. The first-order chi connectivity index (χ1) is 9.72. The van der Waals surface area contributed by atoms with Crippen LogP contribution in [0, 0.1) is 0 Å². The van der Waals surface area contributed by atoms with Crippen LogP contribution in [0.1, 0.15) is 11.1 Å². The van der Waals surface area contributed by atoms with Crippen molar-refractivity contribution in [2.24, 2.45) is 0 Å².